The maximum absolute atomic E-state index is 12.9. The Hall–Kier alpha value is -2.01. The van der Waals surface area contributed by atoms with E-state index in [2.05, 4.69) is 15.3 Å². The Morgan fingerprint density at radius 2 is 2.00 bits per heavy atom. The van der Waals surface area contributed by atoms with Gasteiger partial charge in [0.15, 0.2) is 0 Å². The molecule has 2 atom stereocenters. The van der Waals surface area contributed by atoms with Gasteiger partial charge < -0.3 is 10.4 Å². The second kappa shape index (κ2) is 6.83. The molecule has 1 aliphatic rings. The number of rotatable bonds is 5. The molecule has 1 heterocycles. The Morgan fingerprint density at radius 1 is 1.18 bits per heavy atom. The highest BCUT2D eigenvalue weighted by atomic mass is 19.1. The van der Waals surface area contributed by atoms with E-state index >= 15 is 0 Å². The van der Waals surface area contributed by atoms with E-state index in [-0.39, 0.29) is 18.5 Å². The summed E-state index contributed by atoms with van der Waals surface area (Å²) in [5.74, 6) is 1.56. The average Bonchev–Trinajstić information content (AvgIpc) is 2.97. The molecule has 0 radical (unpaired) electrons. The molecule has 2 N–H and O–H groups in total. The molecule has 1 fully saturated rings. The van der Waals surface area contributed by atoms with Crippen LogP contribution < -0.4 is 5.32 Å². The smallest absolute Gasteiger partial charge is 0.135 e. The summed E-state index contributed by atoms with van der Waals surface area (Å²) in [7, 11) is 0. The van der Waals surface area contributed by atoms with Crippen LogP contribution in [0.2, 0.25) is 0 Å². The molecule has 0 unspecified atom stereocenters. The van der Waals surface area contributed by atoms with Gasteiger partial charge in [-0.05, 0) is 36.6 Å². The van der Waals surface area contributed by atoms with Crippen molar-refractivity contribution in [1.82, 2.24) is 9.97 Å². The van der Waals surface area contributed by atoms with Crippen molar-refractivity contribution in [2.24, 2.45) is 5.92 Å². The average molecular weight is 301 g/mol. The number of hydrogen-bond acceptors (Lipinski definition) is 4. The fourth-order valence-electron chi connectivity index (χ4n) is 2.98. The van der Waals surface area contributed by atoms with Gasteiger partial charge in [-0.1, -0.05) is 18.6 Å². The number of nitrogens with zero attached hydrogens (tertiary/aromatic N) is 2. The van der Waals surface area contributed by atoms with Crippen molar-refractivity contribution in [3.05, 3.63) is 53.7 Å². The van der Waals surface area contributed by atoms with E-state index in [0.717, 1.165) is 30.6 Å². The van der Waals surface area contributed by atoms with Gasteiger partial charge in [0.1, 0.15) is 17.5 Å². The first kappa shape index (κ1) is 14.9. The van der Waals surface area contributed by atoms with E-state index in [1.54, 1.807) is 18.3 Å². The summed E-state index contributed by atoms with van der Waals surface area (Å²) in [6, 6.07) is 8.51. The number of aliphatic hydroxyl groups is 1. The quantitative estimate of drug-likeness (QED) is 0.891. The molecule has 1 saturated carbocycles. The summed E-state index contributed by atoms with van der Waals surface area (Å²) < 4.78 is 12.9. The molecule has 0 amide bonds. The van der Waals surface area contributed by atoms with Gasteiger partial charge >= 0.3 is 0 Å². The van der Waals surface area contributed by atoms with Crippen molar-refractivity contribution in [1.29, 1.82) is 0 Å². The Kier molecular flexibility index (Phi) is 4.63. The van der Waals surface area contributed by atoms with Crippen LogP contribution in [0, 0.1) is 11.7 Å². The second-order valence-corrected chi connectivity index (χ2v) is 5.79. The van der Waals surface area contributed by atoms with Crippen molar-refractivity contribution >= 4 is 5.82 Å². The van der Waals surface area contributed by atoms with Gasteiger partial charge in [0.2, 0.25) is 0 Å². The highest BCUT2D eigenvalue weighted by Crippen LogP contribution is 2.27. The minimum atomic E-state index is -0.239. The third-order valence-electron chi connectivity index (χ3n) is 4.21. The lowest BCUT2D eigenvalue weighted by Gasteiger charge is -2.19. The van der Waals surface area contributed by atoms with E-state index in [1.165, 1.54) is 12.1 Å². The number of halogens is 1. The number of anilines is 1. The highest BCUT2D eigenvalue weighted by Gasteiger charge is 2.26. The molecule has 2 aromatic rings. The van der Waals surface area contributed by atoms with Crippen LogP contribution in [0.3, 0.4) is 0 Å². The fourth-order valence-corrected chi connectivity index (χ4v) is 2.98. The van der Waals surface area contributed by atoms with Crippen molar-refractivity contribution < 1.29 is 9.50 Å². The van der Waals surface area contributed by atoms with Crippen molar-refractivity contribution in [2.45, 2.75) is 31.7 Å². The number of hydrogen-bond donors (Lipinski definition) is 2. The minimum absolute atomic E-state index is 0.213. The molecule has 116 valence electrons. The summed E-state index contributed by atoms with van der Waals surface area (Å²) in [4.78, 5) is 8.80. The van der Waals surface area contributed by atoms with Crippen molar-refractivity contribution in [3.8, 4) is 0 Å². The molecule has 1 aromatic heterocycles. The summed E-state index contributed by atoms with van der Waals surface area (Å²) in [5.41, 5.74) is 0.979. The Labute approximate surface area is 129 Å². The van der Waals surface area contributed by atoms with Gasteiger partial charge in [-0.25, -0.2) is 14.4 Å². The van der Waals surface area contributed by atoms with Gasteiger partial charge in [0, 0.05) is 31.2 Å². The standard InChI is InChI=1S/C17H20FN3O/c18-14-6-4-12(5-7-14)10-17-19-9-8-16(21-17)20-15-3-1-2-13(15)11-22/h4-9,13,15,22H,1-3,10-11H2,(H,19,20,21)/t13-,15-/m0/s1. The molecule has 5 heteroatoms. The van der Waals surface area contributed by atoms with Crippen LogP contribution in [-0.2, 0) is 6.42 Å². The van der Waals surface area contributed by atoms with Gasteiger partial charge in [-0.3, -0.25) is 0 Å². The van der Waals surface area contributed by atoms with E-state index in [9.17, 15) is 9.50 Å². The molecule has 4 nitrogen and oxygen atoms in total. The van der Waals surface area contributed by atoms with Crippen LogP contribution >= 0.6 is 0 Å². The van der Waals surface area contributed by atoms with Crippen LogP contribution in [0.25, 0.3) is 0 Å². The largest absolute Gasteiger partial charge is 0.396 e. The molecule has 0 bridgehead atoms. The molecule has 1 aromatic carbocycles. The van der Waals surface area contributed by atoms with E-state index in [1.807, 2.05) is 6.07 Å². The van der Waals surface area contributed by atoms with Crippen LogP contribution in [0.5, 0.6) is 0 Å². The summed E-state index contributed by atoms with van der Waals surface area (Å²) in [5, 5.41) is 12.8. The molecule has 0 saturated heterocycles. The topological polar surface area (TPSA) is 58.0 Å². The van der Waals surface area contributed by atoms with Gasteiger partial charge in [0.05, 0.1) is 0 Å². The molecular weight excluding hydrogens is 281 g/mol. The Bertz CT molecular complexity index is 618. The number of aliphatic hydroxyl groups excluding tert-OH is 1. The first-order valence-corrected chi connectivity index (χ1v) is 7.68. The van der Waals surface area contributed by atoms with Crippen LogP contribution in [-0.4, -0.2) is 27.7 Å². The number of nitrogens with one attached hydrogen (secondary N) is 1. The zero-order chi connectivity index (χ0) is 15.4. The third-order valence-corrected chi connectivity index (χ3v) is 4.21. The first-order valence-electron chi connectivity index (χ1n) is 7.68. The highest BCUT2D eigenvalue weighted by molar-refractivity contribution is 5.35. The monoisotopic (exact) mass is 301 g/mol. The van der Waals surface area contributed by atoms with Gasteiger partial charge in [0.25, 0.3) is 0 Å². The van der Waals surface area contributed by atoms with Crippen LogP contribution in [0.4, 0.5) is 10.2 Å². The summed E-state index contributed by atoms with van der Waals surface area (Å²) >= 11 is 0. The normalized spacial score (nSPS) is 21.0. The van der Waals surface area contributed by atoms with E-state index in [4.69, 9.17) is 0 Å². The zero-order valence-electron chi connectivity index (χ0n) is 12.4. The maximum Gasteiger partial charge on any atom is 0.135 e. The Morgan fingerprint density at radius 3 is 2.77 bits per heavy atom. The molecule has 3 rings (SSSR count). The molecule has 0 aliphatic heterocycles. The van der Waals surface area contributed by atoms with Crippen molar-refractivity contribution in [2.75, 3.05) is 11.9 Å². The zero-order valence-corrected chi connectivity index (χ0v) is 12.4. The number of benzene rings is 1. The van der Waals surface area contributed by atoms with Crippen LogP contribution in [0.15, 0.2) is 36.5 Å². The van der Waals surface area contributed by atoms with Gasteiger partial charge in [-0.2, -0.15) is 0 Å². The maximum atomic E-state index is 12.9. The predicted octanol–water partition coefficient (Wildman–Crippen LogP) is 2.78. The summed E-state index contributed by atoms with van der Waals surface area (Å²) in [6.45, 7) is 0.213. The van der Waals surface area contributed by atoms with E-state index < -0.39 is 0 Å². The predicted molar refractivity (Wildman–Crippen MR) is 83.1 cm³/mol. The fraction of sp³-hybridized carbons (Fsp3) is 0.412. The lowest BCUT2D eigenvalue weighted by Crippen LogP contribution is -2.27. The third kappa shape index (κ3) is 3.60. The van der Waals surface area contributed by atoms with Crippen LogP contribution in [0.1, 0.15) is 30.7 Å². The summed E-state index contributed by atoms with van der Waals surface area (Å²) in [6.07, 6.45) is 5.56. The SMILES string of the molecule is OC[C@@H]1CCC[C@@H]1Nc1ccnc(Cc2ccc(F)cc2)n1. The Balaban J connectivity index is 1.68. The number of aromatic nitrogens is 2. The van der Waals surface area contributed by atoms with E-state index in [0.29, 0.717) is 18.2 Å². The molecular formula is C17H20FN3O. The van der Waals surface area contributed by atoms with Gasteiger partial charge in [-0.15, -0.1) is 0 Å². The molecule has 22 heavy (non-hydrogen) atoms. The lowest BCUT2D eigenvalue weighted by molar-refractivity contribution is 0.222. The molecule has 0 spiro atoms. The molecule has 1 aliphatic carbocycles. The first-order chi connectivity index (χ1) is 10.7. The van der Waals surface area contributed by atoms with Crippen molar-refractivity contribution in [3.63, 3.8) is 0 Å². The minimum Gasteiger partial charge on any atom is -0.396 e. The lowest BCUT2D eigenvalue weighted by atomic mass is 10.1. The second-order valence-electron chi connectivity index (χ2n) is 5.79.